The summed E-state index contributed by atoms with van der Waals surface area (Å²) in [5.74, 6) is -0.0272. The van der Waals surface area contributed by atoms with E-state index >= 15 is 0 Å². The number of fused-ring (bicyclic) bond motifs is 1. The molecule has 5 nitrogen and oxygen atoms in total. The maximum atomic E-state index is 10.7. The summed E-state index contributed by atoms with van der Waals surface area (Å²) >= 11 is 5.75. The van der Waals surface area contributed by atoms with Gasteiger partial charge in [0.05, 0.1) is 5.52 Å². The summed E-state index contributed by atoms with van der Waals surface area (Å²) in [6, 6.07) is 6.88. The highest BCUT2D eigenvalue weighted by Crippen LogP contribution is 2.44. The molecule has 0 saturated carbocycles. The Morgan fingerprint density at radius 1 is 1.33 bits per heavy atom. The number of hydrogen-bond donors (Lipinski definition) is 3. The number of aromatic nitrogens is 1. The summed E-state index contributed by atoms with van der Waals surface area (Å²) in [5.41, 5.74) is 0.658. The molecular weight excluding hydrogens is 241 g/mol. The van der Waals surface area contributed by atoms with Gasteiger partial charge in [0, 0.05) is 5.39 Å². The largest absolute Gasteiger partial charge is 0.524 e. The van der Waals surface area contributed by atoms with Crippen LogP contribution >= 0.6 is 19.4 Å². The van der Waals surface area contributed by atoms with Crippen LogP contribution in [0.2, 0.25) is 5.15 Å². The van der Waals surface area contributed by atoms with Gasteiger partial charge in [-0.2, -0.15) is 0 Å². The van der Waals surface area contributed by atoms with E-state index < -0.39 is 7.82 Å². The molecule has 1 aromatic heterocycles. The van der Waals surface area contributed by atoms with Crippen molar-refractivity contribution in [1.29, 1.82) is 0 Å². The first-order chi connectivity index (χ1) is 6.97. The summed E-state index contributed by atoms with van der Waals surface area (Å²) < 4.78 is 15.2. The first-order valence-corrected chi connectivity index (χ1v) is 5.89. The number of H-pyrrole nitrogens is 1. The lowest BCUT2D eigenvalue weighted by Gasteiger charge is -2.05. The van der Waals surface area contributed by atoms with E-state index in [0.717, 1.165) is 0 Å². The topological polar surface area (TPSA) is 82.6 Å². The molecular formula is C8H7ClNO4P. The molecule has 1 aromatic carbocycles. The first-order valence-electron chi connectivity index (χ1n) is 3.99. The molecule has 80 valence electrons. The van der Waals surface area contributed by atoms with Crippen molar-refractivity contribution < 1.29 is 18.9 Å². The third-order valence-corrected chi connectivity index (χ3v) is 2.51. The van der Waals surface area contributed by atoms with Gasteiger partial charge in [-0.1, -0.05) is 23.7 Å². The minimum atomic E-state index is -4.59. The van der Waals surface area contributed by atoms with Gasteiger partial charge >= 0.3 is 7.82 Å². The smallest absolute Gasteiger partial charge is 0.400 e. The van der Waals surface area contributed by atoms with E-state index in [1.165, 1.54) is 0 Å². The highest BCUT2D eigenvalue weighted by molar-refractivity contribution is 7.46. The molecule has 0 aliphatic heterocycles. The molecule has 0 saturated heterocycles. The molecule has 0 unspecified atom stereocenters. The van der Waals surface area contributed by atoms with Gasteiger partial charge in [0.25, 0.3) is 0 Å². The van der Waals surface area contributed by atoms with E-state index in [4.69, 9.17) is 21.4 Å². The minimum absolute atomic E-state index is 0.0272. The van der Waals surface area contributed by atoms with Crippen LogP contribution in [0, 0.1) is 0 Å². The van der Waals surface area contributed by atoms with Crippen LogP contribution in [0.5, 0.6) is 5.75 Å². The van der Waals surface area contributed by atoms with Crippen LogP contribution in [0.25, 0.3) is 10.9 Å². The molecule has 0 fully saturated rings. The molecule has 0 bridgehead atoms. The molecule has 0 radical (unpaired) electrons. The summed E-state index contributed by atoms with van der Waals surface area (Å²) in [5, 5.41) is 0.602. The summed E-state index contributed by atoms with van der Waals surface area (Å²) in [6.07, 6.45) is 0. The molecule has 0 atom stereocenters. The molecule has 2 aromatic rings. The highest BCUT2D eigenvalue weighted by atomic mass is 35.5. The monoisotopic (exact) mass is 247 g/mol. The average molecular weight is 248 g/mol. The van der Waals surface area contributed by atoms with Gasteiger partial charge < -0.3 is 9.51 Å². The maximum absolute atomic E-state index is 10.7. The maximum Gasteiger partial charge on any atom is 0.524 e. The lowest BCUT2D eigenvalue weighted by Crippen LogP contribution is -1.89. The van der Waals surface area contributed by atoms with E-state index in [1.807, 2.05) is 0 Å². The quantitative estimate of drug-likeness (QED) is 0.711. The second kappa shape index (κ2) is 3.54. The molecule has 0 aliphatic rings. The SMILES string of the molecule is O=P(O)(O)Oc1c(Cl)[nH]c2ccccc12. The second-order valence-corrected chi connectivity index (χ2v) is 4.44. The highest BCUT2D eigenvalue weighted by Gasteiger charge is 2.21. The van der Waals surface area contributed by atoms with Gasteiger partial charge in [0.2, 0.25) is 0 Å². The van der Waals surface area contributed by atoms with Gasteiger partial charge in [-0.15, -0.1) is 0 Å². The van der Waals surface area contributed by atoms with Crippen molar-refractivity contribution in [2.24, 2.45) is 0 Å². The van der Waals surface area contributed by atoms with Crippen LogP contribution in [-0.2, 0) is 4.57 Å². The number of phosphoric ester groups is 1. The predicted molar refractivity (Wildman–Crippen MR) is 56.0 cm³/mol. The van der Waals surface area contributed by atoms with E-state index in [-0.39, 0.29) is 10.9 Å². The Bertz CT molecular complexity index is 547. The van der Waals surface area contributed by atoms with Gasteiger partial charge in [-0.25, -0.2) is 4.57 Å². The Morgan fingerprint density at radius 3 is 2.67 bits per heavy atom. The molecule has 0 aliphatic carbocycles. The first kappa shape index (κ1) is 10.5. The van der Waals surface area contributed by atoms with Crippen molar-refractivity contribution in [2.75, 3.05) is 0 Å². The summed E-state index contributed by atoms with van der Waals surface area (Å²) in [6.45, 7) is 0. The van der Waals surface area contributed by atoms with Gasteiger partial charge in [-0.05, 0) is 12.1 Å². The van der Waals surface area contributed by atoms with Crippen LogP contribution in [0.3, 0.4) is 0 Å². The van der Waals surface area contributed by atoms with E-state index in [1.54, 1.807) is 24.3 Å². The normalized spacial score (nSPS) is 11.9. The summed E-state index contributed by atoms with van der Waals surface area (Å²) in [4.78, 5) is 20.1. The third-order valence-electron chi connectivity index (χ3n) is 1.83. The van der Waals surface area contributed by atoms with Crippen molar-refractivity contribution in [3.05, 3.63) is 29.4 Å². The second-order valence-electron chi connectivity index (χ2n) is 2.90. The van der Waals surface area contributed by atoms with E-state index in [0.29, 0.717) is 10.9 Å². The molecule has 1 heterocycles. The molecule has 15 heavy (non-hydrogen) atoms. The van der Waals surface area contributed by atoms with Crippen molar-refractivity contribution in [1.82, 2.24) is 4.98 Å². The van der Waals surface area contributed by atoms with Crippen LogP contribution in [0.15, 0.2) is 24.3 Å². The van der Waals surface area contributed by atoms with Crippen LogP contribution in [0.4, 0.5) is 0 Å². The lowest BCUT2D eigenvalue weighted by atomic mass is 10.2. The van der Waals surface area contributed by atoms with Crippen molar-refractivity contribution in [3.63, 3.8) is 0 Å². The van der Waals surface area contributed by atoms with Crippen molar-refractivity contribution >= 4 is 30.3 Å². The van der Waals surface area contributed by atoms with Crippen LogP contribution in [-0.4, -0.2) is 14.8 Å². The number of aromatic amines is 1. The van der Waals surface area contributed by atoms with Crippen LogP contribution < -0.4 is 4.52 Å². The lowest BCUT2D eigenvalue weighted by molar-refractivity contribution is 0.284. The summed E-state index contributed by atoms with van der Waals surface area (Å²) in [7, 11) is -4.59. The molecule has 3 N–H and O–H groups in total. The fraction of sp³-hybridized carbons (Fsp3) is 0. The number of halogens is 1. The Labute approximate surface area is 89.9 Å². The Kier molecular flexibility index (Phi) is 2.48. The molecule has 0 amide bonds. The number of nitrogens with one attached hydrogen (secondary N) is 1. The fourth-order valence-electron chi connectivity index (χ4n) is 1.29. The Morgan fingerprint density at radius 2 is 2.00 bits per heavy atom. The zero-order valence-electron chi connectivity index (χ0n) is 7.35. The molecule has 2 rings (SSSR count). The van der Waals surface area contributed by atoms with E-state index in [9.17, 15) is 4.57 Å². The van der Waals surface area contributed by atoms with E-state index in [2.05, 4.69) is 9.51 Å². The molecule has 7 heteroatoms. The fourth-order valence-corrected chi connectivity index (χ4v) is 2.01. The van der Waals surface area contributed by atoms with Crippen LogP contribution in [0.1, 0.15) is 0 Å². The minimum Gasteiger partial charge on any atom is -0.400 e. The zero-order valence-corrected chi connectivity index (χ0v) is 9.00. The Hall–Kier alpha value is -1.00. The van der Waals surface area contributed by atoms with Gasteiger partial charge in [0.15, 0.2) is 10.9 Å². The number of hydrogen-bond acceptors (Lipinski definition) is 2. The number of para-hydroxylation sites is 1. The van der Waals surface area contributed by atoms with Gasteiger partial charge in [0.1, 0.15) is 0 Å². The van der Waals surface area contributed by atoms with Crippen molar-refractivity contribution in [2.45, 2.75) is 0 Å². The third kappa shape index (κ3) is 2.16. The number of phosphoric acid groups is 1. The van der Waals surface area contributed by atoms with Crippen molar-refractivity contribution in [3.8, 4) is 5.75 Å². The number of benzene rings is 1. The molecule has 0 spiro atoms. The average Bonchev–Trinajstić information content (AvgIpc) is 2.41. The predicted octanol–water partition coefficient (Wildman–Crippen LogP) is 2.29. The van der Waals surface area contributed by atoms with Gasteiger partial charge in [-0.3, -0.25) is 9.79 Å². The standard InChI is InChI=1S/C8H7ClNO4P/c9-8-7(14-15(11,12)13)5-3-1-2-4-6(5)10-8/h1-4,10H,(H2,11,12,13). The zero-order chi connectivity index (χ0) is 11.1. The number of rotatable bonds is 2. The Balaban J connectivity index is 2.59.